The van der Waals surface area contributed by atoms with E-state index >= 15 is 0 Å². The van der Waals surface area contributed by atoms with Gasteiger partial charge < -0.3 is 72.9 Å². The predicted molar refractivity (Wildman–Crippen MR) is 246 cm³/mol. The molecule has 0 aromatic heterocycles. The Morgan fingerprint density at radius 2 is 0.681 bits per heavy atom. The highest BCUT2D eigenvalue weighted by Gasteiger charge is 2.25. The number of esters is 6. The molecule has 0 bridgehead atoms. The van der Waals surface area contributed by atoms with Crippen molar-refractivity contribution in [3.05, 3.63) is 0 Å². The summed E-state index contributed by atoms with van der Waals surface area (Å²) in [7, 11) is 0. The van der Waals surface area contributed by atoms with Crippen LogP contribution in [0.5, 0.6) is 0 Å². The van der Waals surface area contributed by atoms with Gasteiger partial charge in [-0.2, -0.15) is 0 Å². The summed E-state index contributed by atoms with van der Waals surface area (Å²) in [5.41, 5.74) is 0. The van der Waals surface area contributed by atoms with Crippen LogP contribution in [0.1, 0.15) is 122 Å². The van der Waals surface area contributed by atoms with Crippen molar-refractivity contribution in [1.82, 2.24) is 0 Å². The number of hydrogen-bond acceptors (Lipinski definition) is 21. The first-order valence-electron chi connectivity index (χ1n) is 21.9. The number of carbonyl (C=O) groups excluding carboxylic acids is 8. The molecule has 0 spiro atoms. The van der Waals surface area contributed by atoms with Crippen LogP contribution in [-0.4, -0.2) is 162 Å². The zero-order valence-corrected chi connectivity index (χ0v) is 43.4. The second-order valence-electron chi connectivity index (χ2n) is 13.6. The van der Waals surface area contributed by atoms with Crippen LogP contribution in [0.4, 0.5) is 19.2 Å². The van der Waals surface area contributed by atoms with Crippen molar-refractivity contribution in [3.8, 4) is 0 Å². The summed E-state index contributed by atoms with van der Waals surface area (Å²) in [5, 5.41) is 37.2. The molecule has 0 aliphatic heterocycles. The van der Waals surface area contributed by atoms with E-state index in [1.54, 1.807) is 34.6 Å². The van der Waals surface area contributed by atoms with Crippen molar-refractivity contribution in [2.45, 2.75) is 140 Å². The predicted octanol–water partition coefficient (Wildman–Crippen LogP) is 6.88. The largest absolute Gasteiger partial charge is 0.509 e. The zero-order valence-electron chi connectivity index (χ0n) is 41.8. The lowest BCUT2D eigenvalue weighted by atomic mass is 10.2. The number of carboxylic acid groups (broad SMARTS) is 4. The summed E-state index contributed by atoms with van der Waals surface area (Å²) < 4.78 is 47.7. The van der Waals surface area contributed by atoms with Crippen LogP contribution in [0.15, 0.2) is 0 Å². The first kappa shape index (κ1) is 74.9. The van der Waals surface area contributed by atoms with Gasteiger partial charge in [-0.25, -0.2) is 33.6 Å². The van der Waals surface area contributed by atoms with Crippen LogP contribution in [0, 0.1) is 17.8 Å². The molecule has 0 radical (unpaired) electrons. The Kier molecular flexibility index (Phi) is 56.1. The van der Waals surface area contributed by atoms with Crippen LogP contribution >= 0.6 is 15.9 Å². The molecule has 26 heteroatoms. The van der Waals surface area contributed by atoms with Gasteiger partial charge in [0.05, 0.1) is 57.4 Å². The Balaban J connectivity index is -0.000000191. The average molecular weight is 1070 g/mol. The number of halogens is 1. The Morgan fingerprint density at radius 1 is 0.406 bits per heavy atom. The van der Waals surface area contributed by atoms with Crippen LogP contribution in [0.25, 0.3) is 0 Å². The normalized spacial score (nSPS) is 12.1. The molecular weight excluding hydrogens is 996 g/mol. The van der Waals surface area contributed by atoms with Gasteiger partial charge in [-0.3, -0.25) is 14.4 Å². The van der Waals surface area contributed by atoms with E-state index in [0.717, 1.165) is 38.5 Å². The van der Waals surface area contributed by atoms with E-state index in [-0.39, 0.29) is 51.5 Å². The monoisotopic (exact) mass is 1070 g/mol. The van der Waals surface area contributed by atoms with Gasteiger partial charge in [0.1, 0.15) is 19.3 Å². The smallest absolute Gasteiger partial charge is 0.466 e. The third-order valence-corrected chi connectivity index (χ3v) is 7.95. The summed E-state index contributed by atoms with van der Waals surface area (Å²) in [6.45, 7) is 22.0. The molecule has 0 heterocycles. The molecule has 6 atom stereocenters. The summed E-state index contributed by atoms with van der Waals surface area (Å²) >= 11 is 3.18. The van der Waals surface area contributed by atoms with Crippen LogP contribution < -0.4 is 0 Å². The van der Waals surface area contributed by atoms with Gasteiger partial charge in [-0.15, -0.1) is 0 Å². The number of rotatable bonds is 25. The SMILES string of the molecule is CCCCOC(=O)C(C)O.CCCCOC(=O)C(C)OC(=O)OC(C)C(=O)OCCCC.CCOC(=O)C(C)CBr.CCOC(=O)C(C)COC(=O)OCC(C)C(=O)OCC.O=C(O)O.O=C(O)O. The molecular formula is C43H77BrO25. The highest BCUT2D eigenvalue weighted by Crippen LogP contribution is 2.06. The second kappa shape index (κ2) is 51.7. The number of alkyl halides is 1. The van der Waals surface area contributed by atoms with Crippen molar-refractivity contribution in [2.75, 3.05) is 58.2 Å². The van der Waals surface area contributed by atoms with Gasteiger partial charge >= 0.3 is 60.4 Å². The summed E-state index contributed by atoms with van der Waals surface area (Å²) in [6, 6.07) is 0. The van der Waals surface area contributed by atoms with Crippen LogP contribution in [-0.2, 0) is 76.1 Å². The number of hydrogen-bond donors (Lipinski definition) is 5. The van der Waals surface area contributed by atoms with E-state index in [1.807, 2.05) is 27.7 Å². The minimum absolute atomic E-state index is 0.0232. The maximum Gasteiger partial charge on any atom is 0.509 e. The highest BCUT2D eigenvalue weighted by molar-refractivity contribution is 9.09. The maximum atomic E-state index is 11.5. The Bertz CT molecular complexity index is 1330. The average Bonchev–Trinajstić information content (AvgIpc) is 3.27. The number of carbonyl (C=O) groups is 10. The molecule has 0 fully saturated rings. The summed E-state index contributed by atoms with van der Waals surface area (Å²) in [5.74, 6) is -4.00. The Morgan fingerprint density at radius 3 is 0.928 bits per heavy atom. The highest BCUT2D eigenvalue weighted by atomic mass is 79.9. The van der Waals surface area contributed by atoms with Crippen molar-refractivity contribution in [1.29, 1.82) is 0 Å². The van der Waals surface area contributed by atoms with Crippen LogP contribution in [0.2, 0.25) is 0 Å². The molecule has 25 nitrogen and oxygen atoms in total. The lowest BCUT2D eigenvalue weighted by Crippen LogP contribution is -2.31. The van der Waals surface area contributed by atoms with Gasteiger partial charge in [0, 0.05) is 5.33 Å². The Labute approximate surface area is 412 Å². The van der Waals surface area contributed by atoms with Gasteiger partial charge in [0.15, 0.2) is 12.2 Å². The Hall–Kier alpha value is -5.66. The van der Waals surface area contributed by atoms with Gasteiger partial charge in [0.25, 0.3) is 0 Å². The van der Waals surface area contributed by atoms with Crippen LogP contribution in [0.3, 0.4) is 0 Å². The quantitative estimate of drug-likeness (QED) is 0.0269. The number of aliphatic hydroxyl groups is 1. The first-order chi connectivity index (χ1) is 32.2. The van der Waals surface area contributed by atoms with E-state index in [9.17, 15) is 38.4 Å². The van der Waals surface area contributed by atoms with Gasteiger partial charge in [0.2, 0.25) is 0 Å². The van der Waals surface area contributed by atoms with E-state index in [4.69, 9.17) is 77.8 Å². The molecule has 0 aliphatic carbocycles. The fourth-order valence-corrected chi connectivity index (χ4v) is 3.46. The second-order valence-corrected chi connectivity index (χ2v) is 14.2. The van der Waals surface area contributed by atoms with Crippen molar-refractivity contribution in [2.24, 2.45) is 17.8 Å². The van der Waals surface area contributed by atoms with Gasteiger partial charge in [-0.05, 0) is 74.7 Å². The standard InChI is InChI=1S/C15H26O7.C13H22O7.C7H14O3.C6H11BrO2.2CH2O3/c1-5-7-9-19-13(16)11(3)21-15(18)22-12(4)14(17)20-10-8-6-2;1-5-17-11(14)9(3)7-19-13(16)20-8-10(4)12(15)18-6-2;1-3-4-5-10-7(9)6(2)8;1-3-9-6(8)5(2)4-7;2*2-1(3)4/h11-12H,5-10H2,1-4H3;9-10H,5-8H2,1-4H3;6,8H,3-5H2,1-2H3;5H,3-4H2,1-2H3;2*(H2,2,3,4). The number of unbranched alkanes of at least 4 members (excludes halogenated alkanes) is 3. The minimum Gasteiger partial charge on any atom is -0.466 e. The van der Waals surface area contributed by atoms with E-state index in [2.05, 4.69) is 20.7 Å². The van der Waals surface area contributed by atoms with Gasteiger partial charge in [-0.1, -0.05) is 62.9 Å². The molecule has 0 aromatic rings. The lowest BCUT2D eigenvalue weighted by molar-refractivity contribution is -0.158. The zero-order chi connectivity index (χ0) is 54.9. The number of ether oxygens (including phenoxy) is 10. The molecule has 0 saturated carbocycles. The van der Waals surface area contributed by atoms with E-state index < -0.39 is 84.6 Å². The topological polar surface area (TPSA) is 364 Å². The molecule has 0 aromatic carbocycles. The van der Waals surface area contributed by atoms with E-state index in [0.29, 0.717) is 18.5 Å². The molecule has 0 rings (SSSR count). The molecule has 406 valence electrons. The minimum atomic E-state index is -1.83. The summed E-state index contributed by atoms with van der Waals surface area (Å²) in [6.07, 6.45) is -3.77. The number of aliphatic hydroxyl groups excluding tert-OH is 1. The maximum absolute atomic E-state index is 11.5. The molecule has 6 unspecified atom stereocenters. The fourth-order valence-electron chi connectivity index (χ4n) is 3.20. The first-order valence-corrected chi connectivity index (χ1v) is 23.1. The molecule has 5 N–H and O–H groups in total. The molecule has 69 heavy (non-hydrogen) atoms. The third-order valence-electron chi connectivity index (χ3n) is 6.98. The third kappa shape index (κ3) is 58.4. The molecule has 0 amide bonds. The van der Waals surface area contributed by atoms with Crippen molar-refractivity contribution in [3.63, 3.8) is 0 Å². The molecule has 0 saturated heterocycles. The van der Waals surface area contributed by atoms with Crippen molar-refractivity contribution >= 4 is 76.4 Å². The fraction of sp³-hybridized carbons (Fsp3) is 0.767. The van der Waals surface area contributed by atoms with E-state index in [1.165, 1.54) is 20.8 Å². The summed E-state index contributed by atoms with van der Waals surface area (Å²) in [4.78, 5) is 107. The lowest BCUT2D eigenvalue weighted by Gasteiger charge is -2.15. The molecule has 0 aliphatic rings. The van der Waals surface area contributed by atoms with Crippen molar-refractivity contribution < 1.29 is 121 Å².